The summed E-state index contributed by atoms with van der Waals surface area (Å²) in [6.07, 6.45) is 7.58. The molecule has 0 aliphatic carbocycles. The number of aliphatic hydroxyl groups excluding tert-OH is 1. The van der Waals surface area contributed by atoms with Gasteiger partial charge in [-0.3, -0.25) is 0 Å². The number of nitrogens with two attached hydrogens (primary N) is 1. The Bertz CT molecular complexity index is 604. The molecular weight excluding hydrogens is 300 g/mol. The van der Waals surface area contributed by atoms with Crippen LogP contribution in [0.3, 0.4) is 0 Å². The van der Waals surface area contributed by atoms with E-state index < -0.39 is 0 Å². The van der Waals surface area contributed by atoms with Gasteiger partial charge in [-0.1, -0.05) is 50.1 Å². The highest BCUT2D eigenvalue weighted by Crippen LogP contribution is 2.19. The second-order valence-electron chi connectivity index (χ2n) is 6.08. The number of anilines is 2. The van der Waals surface area contributed by atoms with Crippen molar-refractivity contribution in [2.45, 2.75) is 51.5 Å². The Morgan fingerprint density at radius 2 is 1.96 bits per heavy atom. The van der Waals surface area contributed by atoms with Crippen molar-refractivity contribution in [1.82, 2.24) is 9.97 Å². The van der Waals surface area contributed by atoms with Gasteiger partial charge in [0, 0.05) is 24.4 Å². The van der Waals surface area contributed by atoms with Crippen LogP contribution in [0.4, 0.5) is 11.8 Å². The third-order valence-corrected chi connectivity index (χ3v) is 4.13. The Kier molecular flexibility index (Phi) is 7.49. The molecule has 0 saturated carbocycles. The highest BCUT2D eigenvalue weighted by atomic mass is 16.3. The number of aromatic nitrogens is 2. The van der Waals surface area contributed by atoms with Gasteiger partial charge in [0.15, 0.2) is 0 Å². The summed E-state index contributed by atoms with van der Waals surface area (Å²) in [4.78, 5) is 8.53. The van der Waals surface area contributed by atoms with Crippen molar-refractivity contribution >= 4 is 11.8 Å². The molecule has 1 atom stereocenters. The lowest BCUT2D eigenvalue weighted by Gasteiger charge is -2.20. The number of nitrogens with one attached hydrogen (secondary N) is 1. The molecule has 24 heavy (non-hydrogen) atoms. The minimum atomic E-state index is 0.168. The fourth-order valence-corrected chi connectivity index (χ4v) is 2.74. The first-order valence-electron chi connectivity index (χ1n) is 8.75. The maximum Gasteiger partial charge on any atom is 0.221 e. The molecule has 0 saturated heterocycles. The Morgan fingerprint density at radius 1 is 1.17 bits per heavy atom. The van der Waals surface area contributed by atoms with Gasteiger partial charge >= 0.3 is 0 Å². The van der Waals surface area contributed by atoms with E-state index in [0.717, 1.165) is 43.5 Å². The van der Waals surface area contributed by atoms with Crippen molar-refractivity contribution in [2.75, 3.05) is 17.7 Å². The van der Waals surface area contributed by atoms with Crippen molar-refractivity contribution in [2.24, 2.45) is 0 Å². The number of nitrogens with zero attached hydrogens (tertiary/aromatic N) is 2. The molecule has 1 unspecified atom stereocenters. The average molecular weight is 328 g/mol. The van der Waals surface area contributed by atoms with Gasteiger partial charge in [-0.05, 0) is 31.2 Å². The smallest absolute Gasteiger partial charge is 0.221 e. The van der Waals surface area contributed by atoms with Crippen molar-refractivity contribution in [3.05, 3.63) is 47.7 Å². The van der Waals surface area contributed by atoms with Gasteiger partial charge in [0.1, 0.15) is 5.82 Å². The largest absolute Gasteiger partial charge is 0.396 e. The third kappa shape index (κ3) is 5.81. The SMILES string of the molecule is CCCCC(CCO)Nc1nc(N)ncc1CCc1ccccc1. The highest BCUT2D eigenvalue weighted by Gasteiger charge is 2.13. The molecule has 1 heterocycles. The van der Waals surface area contributed by atoms with Crippen molar-refractivity contribution in [1.29, 1.82) is 0 Å². The predicted octanol–water partition coefficient (Wildman–Crippen LogP) is 3.20. The van der Waals surface area contributed by atoms with Gasteiger partial charge < -0.3 is 16.2 Å². The zero-order valence-electron chi connectivity index (χ0n) is 14.4. The van der Waals surface area contributed by atoms with E-state index in [9.17, 15) is 5.11 Å². The molecule has 0 fully saturated rings. The van der Waals surface area contributed by atoms with Crippen LogP contribution in [0.5, 0.6) is 0 Å². The lowest BCUT2D eigenvalue weighted by atomic mass is 10.0. The summed E-state index contributed by atoms with van der Waals surface area (Å²) in [6.45, 7) is 2.34. The first-order chi connectivity index (χ1) is 11.7. The second-order valence-corrected chi connectivity index (χ2v) is 6.08. The fraction of sp³-hybridized carbons (Fsp3) is 0.474. The zero-order valence-corrected chi connectivity index (χ0v) is 14.4. The molecule has 5 heteroatoms. The van der Waals surface area contributed by atoms with Crippen LogP contribution in [0.2, 0.25) is 0 Å². The van der Waals surface area contributed by atoms with Crippen molar-refractivity contribution in [3.8, 4) is 0 Å². The van der Waals surface area contributed by atoms with Crippen LogP contribution in [0.1, 0.15) is 43.7 Å². The molecule has 1 aromatic heterocycles. The molecule has 0 aliphatic heterocycles. The molecule has 130 valence electrons. The van der Waals surface area contributed by atoms with E-state index in [1.165, 1.54) is 5.56 Å². The highest BCUT2D eigenvalue weighted by molar-refractivity contribution is 5.47. The van der Waals surface area contributed by atoms with E-state index in [4.69, 9.17) is 5.73 Å². The van der Waals surface area contributed by atoms with Crippen LogP contribution in [0.25, 0.3) is 0 Å². The summed E-state index contributed by atoms with van der Waals surface area (Å²) >= 11 is 0. The van der Waals surface area contributed by atoms with E-state index in [1.54, 1.807) is 0 Å². The minimum absolute atomic E-state index is 0.168. The molecule has 0 amide bonds. The summed E-state index contributed by atoms with van der Waals surface area (Å²) < 4.78 is 0. The summed E-state index contributed by atoms with van der Waals surface area (Å²) in [6, 6.07) is 10.6. The Morgan fingerprint density at radius 3 is 2.67 bits per heavy atom. The number of aryl methyl sites for hydroxylation is 2. The fourth-order valence-electron chi connectivity index (χ4n) is 2.74. The van der Waals surface area contributed by atoms with Gasteiger partial charge in [0.25, 0.3) is 0 Å². The zero-order chi connectivity index (χ0) is 17.2. The number of unbranched alkanes of at least 4 members (excludes halogenated alkanes) is 1. The molecule has 1 aromatic carbocycles. The molecule has 0 spiro atoms. The van der Waals surface area contributed by atoms with Gasteiger partial charge in [-0.15, -0.1) is 0 Å². The van der Waals surface area contributed by atoms with Gasteiger partial charge in [-0.25, -0.2) is 4.98 Å². The van der Waals surface area contributed by atoms with Gasteiger partial charge in [-0.2, -0.15) is 4.98 Å². The second kappa shape index (κ2) is 9.88. The van der Waals surface area contributed by atoms with Crippen LogP contribution in [0, 0.1) is 0 Å². The lowest BCUT2D eigenvalue weighted by molar-refractivity contribution is 0.276. The molecule has 2 rings (SSSR count). The number of benzene rings is 1. The molecular formula is C19H28N4O. The van der Waals surface area contributed by atoms with E-state index >= 15 is 0 Å². The van der Waals surface area contributed by atoms with Crippen LogP contribution >= 0.6 is 0 Å². The minimum Gasteiger partial charge on any atom is -0.396 e. The number of rotatable bonds is 10. The third-order valence-electron chi connectivity index (χ3n) is 4.13. The molecule has 2 aromatic rings. The first-order valence-corrected chi connectivity index (χ1v) is 8.75. The van der Waals surface area contributed by atoms with E-state index in [-0.39, 0.29) is 18.6 Å². The number of nitrogen functional groups attached to an aromatic ring is 1. The van der Waals surface area contributed by atoms with E-state index in [1.807, 2.05) is 12.3 Å². The Labute approximate surface area is 144 Å². The normalized spacial score (nSPS) is 12.1. The maximum atomic E-state index is 9.29. The van der Waals surface area contributed by atoms with E-state index in [0.29, 0.717) is 6.42 Å². The number of aliphatic hydroxyl groups is 1. The first kappa shape index (κ1) is 18.2. The molecule has 0 aliphatic rings. The van der Waals surface area contributed by atoms with Gasteiger partial charge in [0.05, 0.1) is 0 Å². The van der Waals surface area contributed by atoms with Crippen molar-refractivity contribution in [3.63, 3.8) is 0 Å². The Balaban J connectivity index is 2.08. The Hall–Kier alpha value is -2.14. The van der Waals surface area contributed by atoms with Gasteiger partial charge in [0.2, 0.25) is 5.95 Å². The molecule has 4 N–H and O–H groups in total. The van der Waals surface area contributed by atoms with Crippen LogP contribution in [0.15, 0.2) is 36.5 Å². The standard InChI is InChI=1S/C19H28N4O/c1-2-3-9-17(12-13-24)22-18-16(14-21-19(20)23-18)11-10-15-7-5-4-6-8-15/h4-8,14,17,24H,2-3,9-13H2,1H3,(H3,20,21,22,23). The monoisotopic (exact) mass is 328 g/mol. The quantitative estimate of drug-likeness (QED) is 0.624. The topological polar surface area (TPSA) is 84.1 Å². The molecule has 0 bridgehead atoms. The predicted molar refractivity (Wildman–Crippen MR) is 98.9 cm³/mol. The summed E-state index contributed by atoms with van der Waals surface area (Å²) in [7, 11) is 0. The van der Waals surface area contributed by atoms with Crippen LogP contribution < -0.4 is 11.1 Å². The average Bonchev–Trinajstić information content (AvgIpc) is 2.60. The number of hydrogen-bond donors (Lipinski definition) is 3. The molecule has 0 radical (unpaired) electrons. The summed E-state index contributed by atoms with van der Waals surface area (Å²) in [5, 5.41) is 12.8. The molecule has 5 nitrogen and oxygen atoms in total. The lowest BCUT2D eigenvalue weighted by Crippen LogP contribution is -2.23. The van der Waals surface area contributed by atoms with E-state index in [2.05, 4.69) is 46.5 Å². The summed E-state index contributed by atoms with van der Waals surface area (Å²) in [5.74, 6) is 1.08. The van der Waals surface area contributed by atoms with Crippen LogP contribution in [-0.2, 0) is 12.8 Å². The summed E-state index contributed by atoms with van der Waals surface area (Å²) in [5.41, 5.74) is 8.13. The maximum absolute atomic E-state index is 9.29. The van der Waals surface area contributed by atoms with Crippen LogP contribution in [-0.4, -0.2) is 27.7 Å². The number of hydrogen-bond acceptors (Lipinski definition) is 5. The van der Waals surface area contributed by atoms with Crippen molar-refractivity contribution < 1.29 is 5.11 Å².